The SMILES string of the molecule is CC(=O)Nc1ccc(CNC(=O)c2ccc(OCc3csc(C)n3)cc2)cc1. The summed E-state index contributed by atoms with van der Waals surface area (Å²) in [6.45, 7) is 4.23. The van der Waals surface area contributed by atoms with Crippen LogP contribution in [0.25, 0.3) is 0 Å². The second-order valence-electron chi connectivity index (χ2n) is 6.23. The van der Waals surface area contributed by atoms with E-state index in [2.05, 4.69) is 15.6 Å². The number of nitrogens with zero attached hydrogens (tertiary/aromatic N) is 1. The Labute approximate surface area is 167 Å². The number of carbonyl (C=O) groups is 2. The van der Waals surface area contributed by atoms with Crippen LogP contribution in [0.4, 0.5) is 5.69 Å². The number of nitrogens with one attached hydrogen (secondary N) is 2. The first-order chi connectivity index (χ1) is 13.5. The molecule has 0 radical (unpaired) electrons. The molecule has 0 spiro atoms. The number of anilines is 1. The van der Waals surface area contributed by atoms with Gasteiger partial charge in [0.2, 0.25) is 5.91 Å². The Morgan fingerprint density at radius 3 is 2.39 bits per heavy atom. The molecule has 1 heterocycles. The standard InChI is InChI=1S/C21H21N3O3S/c1-14(25)23-18-7-3-16(4-8-18)11-22-21(26)17-5-9-20(10-6-17)27-12-19-13-28-15(2)24-19/h3-10,13H,11-12H2,1-2H3,(H,22,26)(H,23,25). The molecule has 7 heteroatoms. The van der Waals surface area contributed by atoms with Crippen LogP contribution in [0.5, 0.6) is 5.75 Å². The molecule has 0 aliphatic heterocycles. The fourth-order valence-corrected chi connectivity index (χ4v) is 3.13. The molecule has 0 atom stereocenters. The highest BCUT2D eigenvalue weighted by Gasteiger charge is 2.06. The molecular formula is C21H21N3O3S. The van der Waals surface area contributed by atoms with Gasteiger partial charge < -0.3 is 15.4 Å². The molecule has 0 aliphatic carbocycles. The molecule has 0 aliphatic rings. The van der Waals surface area contributed by atoms with Gasteiger partial charge in [-0.3, -0.25) is 9.59 Å². The molecule has 0 bridgehead atoms. The summed E-state index contributed by atoms with van der Waals surface area (Å²) in [4.78, 5) is 27.7. The van der Waals surface area contributed by atoms with Crippen molar-refractivity contribution in [2.45, 2.75) is 27.0 Å². The van der Waals surface area contributed by atoms with Crippen molar-refractivity contribution in [3.63, 3.8) is 0 Å². The van der Waals surface area contributed by atoms with Gasteiger partial charge >= 0.3 is 0 Å². The summed E-state index contributed by atoms with van der Waals surface area (Å²) in [6.07, 6.45) is 0. The van der Waals surface area contributed by atoms with Crippen molar-refractivity contribution in [3.8, 4) is 5.75 Å². The Bertz CT molecular complexity index is 950. The minimum atomic E-state index is -0.160. The first-order valence-electron chi connectivity index (χ1n) is 8.78. The van der Waals surface area contributed by atoms with Crippen molar-refractivity contribution in [2.24, 2.45) is 0 Å². The molecule has 2 aromatic carbocycles. The quantitative estimate of drug-likeness (QED) is 0.635. The zero-order chi connectivity index (χ0) is 19.9. The summed E-state index contributed by atoms with van der Waals surface area (Å²) in [5.41, 5.74) is 3.13. The molecule has 144 valence electrons. The second kappa shape index (κ2) is 9.14. The number of ether oxygens (including phenoxy) is 1. The van der Waals surface area contributed by atoms with Gasteiger partial charge in [-0.15, -0.1) is 11.3 Å². The highest BCUT2D eigenvalue weighted by molar-refractivity contribution is 7.09. The lowest BCUT2D eigenvalue weighted by atomic mass is 10.1. The van der Waals surface area contributed by atoms with E-state index in [0.29, 0.717) is 24.5 Å². The maximum absolute atomic E-state index is 12.3. The van der Waals surface area contributed by atoms with E-state index in [9.17, 15) is 9.59 Å². The molecule has 2 amide bonds. The summed E-state index contributed by atoms with van der Waals surface area (Å²) in [5.74, 6) is 0.415. The summed E-state index contributed by atoms with van der Waals surface area (Å²) in [6, 6.07) is 14.4. The molecule has 28 heavy (non-hydrogen) atoms. The third-order valence-corrected chi connectivity index (χ3v) is 4.72. The predicted molar refractivity (Wildman–Crippen MR) is 110 cm³/mol. The normalized spacial score (nSPS) is 10.4. The van der Waals surface area contributed by atoms with E-state index in [4.69, 9.17) is 4.74 Å². The zero-order valence-corrected chi connectivity index (χ0v) is 16.5. The molecule has 3 rings (SSSR count). The summed E-state index contributed by atoms with van der Waals surface area (Å²) in [7, 11) is 0. The molecule has 0 fully saturated rings. The van der Waals surface area contributed by atoms with Crippen LogP contribution in [-0.4, -0.2) is 16.8 Å². The second-order valence-corrected chi connectivity index (χ2v) is 7.29. The van der Waals surface area contributed by atoms with Crippen LogP contribution < -0.4 is 15.4 Å². The Kier molecular flexibility index (Phi) is 6.39. The molecular weight excluding hydrogens is 374 g/mol. The molecule has 1 aromatic heterocycles. The minimum absolute atomic E-state index is 0.116. The maximum Gasteiger partial charge on any atom is 0.251 e. The van der Waals surface area contributed by atoms with Gasteiger partial charge in [-0.25, -0.2) is 4.98 Å². The molecule has 3 aromatic rings. The van der Waals surface area contributed by atoms with Gasteiger partial charge in [-0.1, -0.05) is 12.1 Å². The van der Waals surface area contributed by atoms with E-state index >= 15 is 0 Å². The number of hydrogen-bond donors (Lipinski definition) is 2. The first-order valence-corrected chi connectivity index (χ1v) is 9.66. The zero-order valence-electron chi connectivity index (χ0n) is 15.7. The minimum Gasteiger partial charge on any atom is -0.487 e. The van der Waals surface area contributed by atoms with Crippen molar-refractivity contribution in [3.05, 3.63) is 75.7 Å². The summed E-state index contributed by atoms with van der Waals surface area (Å²) >= 11 is 1.59. The number of benzene rings is 2. The fraction of sp³-hybridized carbons (Fsp3) is 0.190. The van der Waals surface area contributed by atoms with Crippen LogP contribution in [0.1, 0.15) is 33.5 Å². The fourth-order valence-electron chi connectivity index (χ4n) is 2.53. The van der Waals surface area contributed by atoms with Gasteiger partial charge in [0, 0.05) is 30.1 Å². The van der Waals surface area contributed by atoms with Gasteiger partial charge in [0.1, 0.15) is 12.4 Å². The maximum atomic E-state index is 12.3. The van der Waals surface area contributed by atoms with Gasteiger partial charge in [0.25, 0.3) is 5.91 Å². The molecule has 0 saturated carbocycles. The van der Waals surface area contributed by atoms with Gasteiger partial charge in [0.05, 0.1) is 10.7 Å². The lowest BCUT2D eigenvalue weighted by Crippen LogP contribution is -2.22. The van der Waals surface area contributed by atoms with Crippen LogP contribution in [0.15, 0.2) is 53.9 Å². The third kappa shape index (κ3) is 5.65. The number of thiazole rings is 1. The Morgan fingerprint density at radius 1 is 1.07 bits per heavy atom. The first kappa shape index (κ1) is 19.6. The average molecular weight is 395 g/mol. The number of hydrogen-bond acceptors (Lipinski definition) is 5. The lowest BCUT2D eigenvalue weighted by Gasteiger charge is -2.08. The molecule has 0 unspecified atom stereocenters. The smallest absolute Gasteiger partial charge is 0.251 e. The van der Waals surface area contributed by atoms with Crippen LogP contribution in [-0.2, 0) is 17.9 Å². The Morgan fingerprint density at radius 2 is 1.79 bits per heavy atom. The van der Waals surface area contributed by atoms with Crippen molar-refractivity contribution >= 4 is 28.8 Å². The third-order valence-electron chi connectivity index (χ3n) is 3.90. The number of aromatic nitrogens is 1. The van der Waals surface area contributed by atoms with E-state index in [0.717, 1.165) is 22.0 Å². The highest BCUT2D eigenvalue weighted by atomic mass is 32.1. The number of aryl methyl sites for hydroxylation is 1. The highest BCUT2D eigenvalue weighted by Crippen LogP contribution is 2.16. The molecule has 0 saturated heterocycles. The van der Waals surface area contributed by atoms with Crippen LogP contribution in [0.3, 0.4) is 0 Å². The van der Waals surface area contributed by atoms with Gasteiger partial charge in [-0.2, -0.15) is 0 Å². The number of carbonyl (C=O) groups excluding carboxylic acids is 2. The number of rotatable bonds is 7. The molecule has 6 nitrogen and oxygen atoms in total. The van der Waals surface area contributed by atoms with Crippen molar-refractivity contribution in [1.29, 1.82) is 0 Å². The van der Waals surface area contributed by atoms with Crippen LogP contribution >= 0.6 is 11.3 Å². The van der Waals surface area contributed by atoms with Gasteiger partial charge in [-0.05, 0) is 48.9 Å². The Balaban J connectivity index is 1.49. The van der Waals surface area contributed by atoms with E-state index in [-0.39, 0.29) is 11.8 Å². The van der Waals surface area contributed by atoms with E-state index in [1.807, 2.05) is 24.4 Å². The number of amides is 2. The van der Waals surface area contributed by atoms with E-state index < -0.39 is 0 Å². The molecule has 2 N–H and O–H groups in total. The predicted octanol–water partition coefficient (Wildman–Crippen LogP) is 3.92. The summed E-state index contributed by atoms with van der Waals surface area (Å²) < 4.78 is 5.69. The van der Waals surface area contributed by atoms with E-state index in [1.165, 1.54) is 6.92 Å². The lowest BCUT2D eigenvalue weighted by molar-refractivity contribution is -0.114. The Hall–Kier alpha value is -3.19. The largest absolute Gasteiger partial charge is 0.487 e. The van der Waals surface area contributed by atoms with E-state index in [1.54, 1.807) is 47.7 Å². The topological polar surface area (TPSA) is 80.3 Å². The summed E-state index contributed by atoms with van der Waals surface area (Å²) in [5, 5.41) is 8.57. The van der Waals surface area contributed by atoms with Crippen molar-refractivity contribution in [2.75, 3.05) is 5.32 Å². The van der Waals surface area contributed by atoms with Crippen LogP contribution in [0, 0.1) is 6.92 Å². The van der Waals surface area contributed by atoms with Crippen molar-refractivity contribution < 1.29 is 14.3 Å². The van der Waals surface area contributed by atoms with Crippen molar-refractivity contribution in [1.82, 2.24) is 10.3 Å². The van der Waals surface area contributed by atoms with Gasteiger partial charge in [0.15, 0.2) is 0 Å². The van der Waals surface area contributed by atoms with Crippen LogP contribution in [0.2, 0.25) is 0 Å². The monoisotopic (exact) mass is 395 g/mol. The average Bonchev–Trinajstić information content (AvgIpc) is 3.11.